The third-order valence-corrected chi connectivity index (χ3v) is 4.78. The maximum absolute atomic E-state index is 13.1. The molecule has 3 aromatic heterocycles. The van der Waals surface area contributed by atoms with E-state index < -0.39 is 0 Å². The molecule has 4 nitrogen and oxygen atoms in total. The average molecular weight is 355 g/mol. The molecule has 3 heterocycles. The van der Waals surface area contributed by atoms with Crippen molar-refractivity contribution in [3.63, 3.8) is 0 Å². The zero-order valence-corrected chi connectivity index (χ0v) is 14.4. The minimum Gasteiger partial charge on any atom is -0.339 e. The Morgan fingerprint density at radius 3 is 2.64 bits per heavy atom. The molecule has 0 spiro atoms. The van der Waals surface area contributed by atoms with Gasteiger partial charge in [-0.1, -0.05) is 11.6 Å². The zero-order valence-electron chi connectivity index (χ0n) is 13.6. The van der Waals surface area contributed by atoms with E-state index in [1.54, 1.807) is 12.1 Å². The number of H-pyrrole nitrogens is 2. The van der Waals surface area contributed by atoms with Crippen molar-refractivity contribution in [1.29, 1.82) is 0 Å². The van der Waals surface area contributed by atoms with Crippen LogP contribution < -0.4 is 0 Å². The number of rotatable bonds is 4. The number of aromatic nitrogens is 4. The quantitative estimate of drug-likeness (QED) is 0.551. The molecule has 0 amide bonds. The van der Waals surface area contributed by atoms with E-state index in [2.05, 4.69) is 26.2 Å². The van der Waals surface area contributed by atoms with Crippen LogP contribution >= 0.6 is 11.6 Å². The van der Waals surface area contributed by atoms with Crippen molar-refractivity contribution in [1.82, 2.24) is 20.2 Å². The van der Waals surface area contributed by atoms with E-state index >= 15 is 0 Å². The molecule has 0 saturated carbocycles. The van der Waals surface area contributed by atoms with Gasteiger partial charge in [-0.15, -0.1) is 0 Å². The van der Waals surface area contributed by atoms with Gasteiger partial charge in [-0.2, -0.15) is 5.10 Å². The molecule has 0 aliphatic rings. The second-order valence-corrected chi connectivity index (χ2v) is 6.46. The van der Waals surface area contributed by atoms with Crippen molar-refractivity contribution in [2.24, 2.45) is 0 Å². The normalized spacial score (nSPS) is 11.3. The summed E-state index contributed by atoms with van der Waals surface area (Å²) in [5.41, 5.74) is 5.55. The number of nitrogens with zero attached hydrogens (tertiary/aromatic N) is 2. The van der Waals surface area contributed by atoms with Gasteiger partial charge in [-0.3, -0.25) is 5.10 Å². The second kappa shape index (κ2) is 6.33. The third kappa shape index (κ3) is 3.15. The fraction of sp³-hybridized carbons (Fsp3) is 0.158. The van der Waals surface area contributed by atoms with Crippen LogP contribution in [-0.4, -0.2) is 20.2 Å². The molecule has 1 aromatic carbocycles. The molecule has 0 aliphatic heterocycles. The van der Waals surface area contributed by atoms with Crippen LogP contribution in [0.25, 0.3) is 22.3 Å². The van der Waals surface area contributed by atoms with Crippen molar-refractivity contribution in [3.05, 3.63) is 70.4 Å². The maximum Gasteiger partial charge on any atom is 0.137 e. The molecule has 25 heavy (non-hydrogen) atoms. The van der Waals surface area contributed by atoms with E-state index in [1.807, 2.05) is 19.2 Å². The molecule has 0 saturated heterocycles. The van der Waals surface area contributed by atoms with Crippen LogP contribution in [0.15, 0.2) is 42.6 Å². The van der Waals surface area contributed by atoms with E-state index in [9.17, 15) is 4.39 Å². The van der Waals surface area contributed by atoms with E-state index in [-0.39, 0.29) is 5.82 Å². The van der Waals surface area contributed by atoms with Crippen LogP contribution in [0.1, 0.15) is 17.0 Å². The molecule has 0 atom stereocenters. The lowest BCUT2D eigenvalue weighted by atomic mass is 10.1. The van der Waals surface area contributed by atoms with Crippen molar-refractivity contribution in [2.45, 2.75) is 19.8 Å². The van der Waals surface area contributed by atoms with Crippen LogP contribution in [0.5, 0.6) is 0 Å². The first-order valence-corrected chi connectivity index (χ1v) is 8.41. The van der Waals surface area contributed by atoms with Gasteiger partial charge in [0.05, 0.1) is 16.4 Å². The van der Waals surface area contributed by atoms with Crippen molar-refractivity contribution < 1.29 is 4.39 Å². The average Bonchev–Trinajstić information content (AvgIpc) is 3.17. The maximum atomic E-state index is 13.1. The highest BCUT2D eigenvalue weighted by Gasteiger charge is 2.09. The highest BCUT2D eigenvalue weighted by atomic mass is 35.5. The topological polar surface area (TPSA) is 57.4 Å². The Labute approximate surface area is 149 Å². The predicted molar refractivity (Wildman–Crippen MR) is 97.2 cm³/mol. The predicted octanol–water partition coefficient (Wildman–Crippen LogP) is 4.84. The van der Waals surface area contributed by atoms with Gasteiger partial charge in [-0.25, -0.2) is 9.37 Å². The Bertz CT molecular complexity index is 1030. The molecule has 6 heteroatoms. The Hall–Kier alpha value is -2.66. The lowest BCUT2D eigenvalue weighted by Gasteiger charge is -2.00. The molecule has 4 aromatic rings. The molecule has 0 fully saturated rings. The van der Waals surface area contributed by atoms with Gasteiger partial charge in [0.15, 0.2) is 0 Å². The van der Waals surface area contributed by atoms with Gasteiger partial charge in [0.25, 0.3) is 0 Å². The van der Waals surface area contributed by atoms with Crippen molar-refractivity contribution >= 4 is 22.6 Å². The third-order valence-electron chi connectivity index (χ3n) is 4.27. The summed E-state index contributed by atoms with van der Waals surface area (Å²) in [5.74, 6) is -0.243. The van der Waals surface area contributed by atoms with Gasteiger partial charge in [0, 0.05) is 17.3 Å². The summed E-state index contributed by atoms with van der Waals surface area (Å²) < 4.78 is 13.1. The first kappa shape index (κ1) is 15.8. The molecular formula is C19H16ClFN4. The largest absolute Gasteiger partial charge is 0.339 e. The Balaban J connectivity index is 1.57. The molecular weight excluding hydrogens is 339 g/mol. The number of fused-ring (bicyclic) bond motifs is 1. The lowest BCUT2D eigenvalue weighted by Crippen LogP contribution is -1.93. The molecule has 0 unspecified atom stereocenters. The van der Waals surface area contributed by atoms with Gasteiger partial charge in [0.1, 0.15) is 11.5 Å². The molecule has 0 radical (unpaired) electrons. The number of nitrogens with one attached hydrogen (secondary N) is 2. The van der Waals surface area contributed by atoms with Crippen LogP contribution in [0.3, 0.4) is 0 Å². The van der Waals surface area contributed by atoms with E-state index in [1.165, 1.54) is 12.1 Å². The minimum atomic E-state index is -0.243. The zero-order chi connectivity index (χ0) is 17.4. The first-order chi connectivity index (χ1) is 12.1. The number of halogens is 2. The fourth-order valence-electron chi connectivity index (χ4n) is 2.88. The van der Waals surface area contributed by atoms with Gasteiger partial charge < -0.3 is 4.98 Å². The number of aromatic amines is 2. The molecule has 126 valence electrons. The number of hydrogen-bond acceptors (Lipinski definition) is 2. The Morgan fingerprint density at radius 2 is 1.92 bits per heavy atom. The van der Waals surface area contributed by atoms with Gasteiger partial charge >= 0.3 is 0 Å². The number of aryl methyl sites for hydroxylation is 3. The first-order valence-electron chi connectivity index (χ1n) is 8.03. The smallest absolute Gasteiger partial charge is 0.137 e. The van der Waals surface area contributed by atoms with Crippen molar-refractivity contribution in [2.75, 3.05) is 0 Å². The summed E-state index contributed by atoms with van der Waals surface area (Å²) in [6, 6.07) is 10.6. The van der Waals surface area contributed by atoms with Crippen LogP contribution in [0.2, 0.25) is 5.02 Å². The van der Waals surface area contributed by atoms with E-state index in [0.717, 1.165) is 52.1 Å². The number of benzene rings is 1. The van der Waals surface area contributed by atoms with E-state index in [4.69, 9.17) is 11.6 Å². The minimum absolute atomic E-state index is 0.243. The molecule has 0 bridgehead atoms. The highest BCUT2D eigenvalue weighted by Crippen LogP contribution is 2.25. The summed E-state index contributed by atoms with van der Waals surface area (Å²) >= 11 is 6.21. The summed E-state index contributed by atoms with van der Waals surface area (Å²) in [7, 11) is 0. The summed E-state index contributed by atoms with van der Waals surface area (Å²) in [6.07, 6.45) is 3.43. The number of hydrogen-bond donors (Lipinski definition) is 2. The molecule has 4 rings (SSSR count). The van der Waals surface area contributed by atoms with Crippen LogP contribution in [0.4, 0.5) is 4.39 Å². The monoisotopic (exact) mass is 354 g/mol. The summed E-state index contributed by atoms with van der Waals surface area (Å²) in [4.78, 5) is 7.77. The van der Waals surface area contributed by atoms with Gasteiger partial charge in [-0.05, 0) is 67.3 Å². The second-order valence-electron chi connectivity index (χ2n) is 6.08. The van der Waals surface area contributed by atoms with Gasteiger partial charge in [0.2, 0.25) is 0 Å². The summed E-state index contributed by atoms with van der Waals surface area (Å²) in [5, 5.41) is 8.86. The van der Waals surface area contributed by atoms with Crippen LogP contribution in [-0.2, 0) is 12.8 Å². The molecule has 2 N–H and O–H groups in total. The Morgan fingerprint density at radius 1 is 1.12 bits per heavy atom. The highest BCUT2D eigenvalue weighted by molar-refractivity contribution is 6.31. The Kier molecular flexibility index (Phi) is 4.01. The molecule has 0 aliphatic carbocycles. The number of pyridine rings is 1. The van der Waals surface area contributed by atoms with Crippen molar-refractivity contribution in [3.8, 4) is 11.3 Å². The van der Waals surface area contributed by atoms with E-state index in [0.29, 0.717) is 5.02 Å². The SMILES string of the molecule is Cc1[nH]nc(CCc2cnc3[nH]c(-c4ccc(F)cc4)cc3c2)c1Cl. The fourth-order valence-corrected chi connectivity index (χ4v) is 3.06. The lowest BCUT2D eigenvalue weighted by molar-refractivity contribution is 0.628. The van der Waals surface area contributed by atoms with Crippen LogP contribution in [0, 0.1) is 12.7 Å². The standard InChI is InChI=1S/C19H16ClFN4/c1-11-18(20)16(25-24-11)7-2-12-8-14-9-17(23-19(14)22-10-12)13-3-5-15(21)6-4-13/h3-6,8-10H,2,7H2,1H3,(H,22,23)(H,24,25). The summed E-state index contributed by atoms with van der Waals surface area (Å²) in [6.45, 7) is 1.91.